The zero-order valence-electron chi connectivity index (χ0n) is 13.4. The number of carbonyl (C=O) groups excluding carboxylic acids is 1. The van der Waals surface area contributed by atoms with Crippen molar-refractivity contribution in [2.75, 3.05) is 31.1 Å². The lowest BCUT2D eigenvalue weighted by molar-refractivity contribution is -0.131. The van der Waals surface area contributed by atoms with Crippen molar-refractivity contribution in [1.29, 1.82) is 0 Å². The molecule has 1 unspecified atom stereocenters. The molecule has 4 heteroatoms. The molecule has 1 heterocycles. The van der Waals surface area contributed by atoms with E-state index in [0.717, 1.165) is 26.2 Å². The Morgan fingerprint density at radius 1 is 1.14 bits per heavy atom. The van der Waals surface area contributed by atoms with E-state index >= 15 is 0 Å². The highest BCUT2D eigenvalue weighted by molar-refractivity contribution is 9.10. The quantitative estimate of drug-likeness (QED) is 0.778. The molecule has 1 aromatic carbocycles. The van der Waals surface area contributed by atoms with E-state index in [1.807, 2.05) is 4.90 Å². The number of carbonyl (C=O) groups is 1. The second kappa shape index (κ2) is 6.82. The molecule has 1 aliphatic heterocycles. The van der Waals surface area contributed by atoms with Gasteiger partial charge in [0.25, 0.3) is 0 Å². The Kier molecular flexibility index (Phi) is 5.31. The van der Waals surface area contributed by atoms with Gasteiger partial charge in [-0.3, -0.25) is 4.79 Å². The number of halogens is 1. The number of aryl methyl sites for hydroxylation is 1. The number of hydrogen-bond acceptors (Lipinski definition) is 2. The van der Waals surface area contributed by atoms with E-state index in [-0.39, 0.29) is 10.7 Å². The predicted octanol–water partition coefficient (Wildman–Crippen LogP) is 3.37. The van der Waals surface area contributed by atoms with Gasteiger partial charge in [-0.15, -0.1) is 0 Å². The summed E-state index contributed by atoms with van der Waals surface area (Å²) in [5.41, 5.74) is 3.98. The van der Waals surface area contributed by atoms with Gasteiger partial charge in [-0.25, -0.2) is 0 Å². The number of piperazine rings is 1. The van der Waals surface area contributed by atoms with Crippen molar-refractivity contribution in [3.05, 3.63) is 29.3 Å². The summed E-state index contributed by atoms with van der Waals surface area (Å²) in [7, 11) is 0. The second-order valence-corrected chi connectivity index (χ2v) is 7.16. The van der Waals surface area contributed by atoms with Crippen LogP contribution in [0, 0.1) is 19.8 Å². The van der Waals surface area contributed by atoms with Crippen LogP contribution in [0.15, 0.2) is 18.2 Å². The van der Waals surface area contributed by atoms with E-state index < -0.39 is 0 Å². The summed E-state index contributed by atoms with van der Waals surface area (Å²) in [6.07, 6.45) is 0. The van der Waals surface area contributed by atoms with Gasteiger partial charge in [-0.2, -0.15) is 0 Å². The smallest absolute Gasteiger partial charge is 0.236 e. The minimum Gasteiger partial charge on any atom is -0.368 e. The van der Waals surface area contributed by atoms with Crippen LogP contribution in [0.4, 0.5) is 5.69 Å². The number of nitrogens with zero attached hydrogens (tertiary/aromatic N) is 2. The molecule has 0 bridgehead atoms. The number of alkyl halides is 1. The fourth-order valence-corrected chi connectivity index (χ4v) is 3.00. The Morgan fingerprint density at radius 3 is 2.33 bits per heavy atom. The van der Waals surface area contributed by atoms with Crippen molar-refractivity contribution in [1.82, 2.24) is 4.90 Å². The van der Waals surface area contributed by atoms with Gasteiger partial charge in [0.05, 0.1) is 4.83 Å². The molecule has 116 valence electrons. The molecule has 21 heavy (non-hydrogen) atoms. The number of hydrogen-bond donors (Lipinski definition) is 0. The minimum atomic E-state index is -0.0650. The molecule has 0 radical (unpaired) electrons. The fourth-order valence-electron chi connectivity index (χ4n) is 2.71. The molecule has 1 saturated heterocycles. The monoisotopic (exact) mass is 352 g/mol. The SMILES string of the molecule is Cc1cccc(N2CCN(C(=O)C(Br)C(C)C)CC2)c1C. The highest BCUT2D eigenvalue weighted by atomic mass is 79.9. The molecule has 0 N–H and O–H groups in total. The average Bonchev–Trinajstić information content (AvgIpc) is 2.48. The second-order valence-electron chi connectivity index (χ2n) is 6.18. The molecule has 3 nitrogen and oxygen atoms in total. The first-order valence-corrected chi connectivity index (χ1v) is 8.57. The van der Waals surface area contributed by atoms with Crippen LogP contribution < -0.4 is 4.90 Å². The average molecular weight is 353 g/mol. The molecule has 1 fully saturated rings. The highest BCUT2D eigenvalue weighted by Gasteiger charge is 2.27. The molecule has 0 saturated carbocycles. The molecule has 1 aliphatic rings. The predicted molar refractivity (Wildman–Crippen MR) is 92.3 cm³/mol. The third-order valence-electron chi connectivity index (χ3n) is 4.33. The maximum absolute atomic E-state index is 12.4. The lowest BCUT2D eigenvalue weighted by atomic mass is 10.1. The summed E-state index contributed by atoms with van der Waals surface area (Å²) < 4.78 is 0. The summed E-state index contributed by atoms with van der Waals surface area (Å²) in [6.45, 7) is 11.9. The Morgan fingerprint density at radius 2 is 1.76 bits per heavy atom. The first-order chi connectivity index (χ1) is 9.91. The Hall–Kier alpha value is -1.03. The van der Waals surface area contributed by atoms with Gasteiger partial charge in [0, 0.05) is 31.9 Å². The Balaban J connectivity index is 2.00. The largest absolute Gasteiger partial charge is 0.368 e. The summed E-state index contributed by atoms with van der Waals surface area (Å²) in [6, 6.07) is 6.44. The fraction of sp³-hybridized carbons (Fsp3) is 0.588. The van der Waals surface area contributed by atoms with E-state index in [9.17, 15) is 4.79 Å². The summed E-state index contributed by atoms with van der Waals surface area (Å²) >= 11 is 3.52. The van der Waals surface area contributed by atoms with Crippen molar-refractivity contribution in [2.45, 2.75) is 32.5 Å². The van der Waals surface area contributed by atoms with Crippen molar-refractivity contribution >= 4 is 27.5 Å². The first kappa shape index (κ1) is 16.3. The number of anilines is 1. The summed E-state index contributed by atoms with van der Waals surface area (Å²) in [5, 5.41) is 0. The van der Waals surface area contributed by atoms with Crippen LogP contribution in [0.2, 0.25) is 0 Å². The van der Waals surface area contributed by atoms with Crippen LogP contribution in [-0.2, 0) is 4.79 Å². The summed E-state index contributed by atoms with van der Waals surface area (Å²) in [4.78, 5) is 16.7. The van der Waals surface area contributed by atoms with Gasteiger partial charge in [-0.1, -0.05) is 41.9 Å². The number of benzene rings is 1. The minimum absolute atomic E-state index is 0.0650. The topological polar surface area (TPSA) is 23.6 Å². The zero-order valence-corrected chi connectivity index (χ0v) is 15.0. The molecule has 1 amide bonds. The maximum atomic E-state index is 12.4. The molecule has 1 aromatic rings. The van der Waals surface area contributed by atoms with Gasteiger partial charge in [0.2, 0.25) is 5.91 Å². The van der Waals surface area contributed by atoms with Gasteiger partial charge in [0.1, 0.15) is 0 Å². The van der Waals surface area contributed by atoms with Crippen LogP contribution >= 0.6 is 15.9 Å². The molecule has 0 aliphatic carbocycles. The first-order valence-electron chi connectivity index (χ1n) is 7.66. The van der Waals surface area contributed by atoms with E-state index in [1.54, 1.807) is 0 Å². The third-order valence-corrected chi connectivity index (χ3v) is 5.78. The lowest BCUT2D eigenvalue weighted by Gasteiger charge is -2.38. The standard InChI is InChI=1S/C17H25BrN2O/c1-12(2)16(18)17(21)20-10-8-19(9-11-20)15-7-5-6-13(3)14(15)4/h5-7,12,16H,8-11H2,1-4H3. The summed E-state index contributed by atoms with van der Waals surface area (Å²) in [5.74, 6) is 0.556. The van der Waals surface area contributed by atoms with Gasteiger partial charge in [0.15, 0.2) is 0 Å². The van der Waals surface area contributed by atoms with Crippen LogP contribution in [0.1, 0.15) is 25.0 Å². The van der Waals surface area contributed by atoms with Crippen LogP contribution in [0.25, 0.3) is 0 Å². The molecule has 0 spiro atoms. The van der Waals surface area contributed by atoms with Crippen LogP contribution in [-0.4, -0.2) is 41.8 Å². The van der Waals surface area contributed by atoms with E-state index in [4.69, 9.17) is 0 Å². The molecule has 2 rings (SSSR count). The zero-order chi connectivity index (χ0) is 15.6. The Labute approximate surface area is 136 Å². The Bertz CT molecular complexity index is 508. The van der Waals surface area contributed by atoms with Crippen molar-refractivity contribution in [3.8, 4) is 0 Å². The highest BCUT2D eigenvalue weighted by Crippen LogP contribution is 2.24. The van der Waals surface area contributed by atoms with Crippen molar-refractivity contribution < 1.29 is 4.79 Å². The van der Waals surface area contributed by atoms with E-state index in [2.05, 4.69) is 66.7 Å². The van der Waals surface area contributed by atoms with Gasteiger partial charge in [-0.05, 0) is 37.0 Å². The van der Waals surface area contributed by atoms with Crippen LogP contribution in [0.3, 0.4) is 0 Å². The molecule has 1 atom stereocenters. The van der Waals surface area contributed by atoms with Crippen LogP contribution in [0.5, 0.6) is 0 Å². The van der Waals surface area contributed by atoms with Crippen molar-refractivity contribution in [3.63, 3.8) is 0 Å². The number of rotatable bonds is 3. The van der Waals surface area contributed by atoms with Gasteiger partial charge >= 0.3 is 0 Å². The third kappa shape index (κ3) is 3.60. The molecular weight excluding hydrogens is 328 g/mol. The van der Waals surface area contributed by atoms with Gasteiger partial charge < -0.3 is 9.80 Å². The molecular formula is C17H25BrN2O. The van der Waals surface area contributed by atoms with E-state index in [0.29, 0.717) is 5.92 Å². The van der Waals surface area contributed by atoms with E-state index in [1.165, 1.54) is 16.8 Å². The normalized spacial score (nSPS) is 17.2. The molecule has 0 aromatic heterocycles. The maximum Gasteiger partial charge on any atom is 0.236 e. The van der Waals surface area contributed by atoms with Crippen molar-refractivity contribution in [2.24, 2.45) is 5.92 Å². The lowest BCUT2D eigenvalue weighted by Crippen LogP contribution is -2.51. The number of amides is 1.